The smallest absolute Gasteiger partial charge is 0.265 e. The molecule has 4 aromatic rings. The lowest BCUT2D eigenvalue weighted by molar-refractivity contribution is -0.122. The topological polar surface area (TPSA) is 77.8 Å². The number of nitrogens with one attached hydrogen (secondary N) is 1. The fourth-order valence-corrected chi connectivity index (χ4v) is 3.76. The van der Waals surface area contributed by atoms with Gasteiger partial charge in [-0.15, -0.1) is 0 Å². The van der Waals surface area contributed by atoms with Crippen molar-refractivity contribution < 1.29 is 18.7 Å². The summed E-state index contributed by atoms with van der Waals surface area (Å²) in [5.41, 5.74) is 1.73. The van der Waals surface area contributed by atoms with Crippen molar-refractivity contribution in [1.29, 1.82) is 0 Å². The molecule has 34 heavy (non-hydrogen) atoms. The van der Waals surface area contributed by atoms with Gasteiger partial charge in [0, 0.05) is 15.6 Å². The summed E-state index contributed by atoms with van der Waals surface area (Å²) in [7, 11) is 1.48. The van der Waals surface area contributed by atoms with E-state index in [2.05, 4.69) is 5.32 Å². The van der Waals surface area contributed by atoms with Crippen molar-refractivity contribution >= 4 is 45.8 Å². The lowest BCUT2D eigenvalue weighted by atomic mass is 10.1. The van der Waals surface area contributed by atoms with Crippen molar-refractivity contribution in [3.05, 3.63) is 86.5 Å². The van der Waals surface area contributed by atoms with Crippen LogP contribution in [0.25, 0.3) is 22.3 Å². The molecule has 0 fully saturated rings. The Morgan fingerprint density at radius 1 is 1.06 bits per heavy atom. The third kappa shape index (κ3) is 4.74. The number of carbonyl (C=O) groups is 1. The van der Waals surface area contributed by atoms with Gasteiger partial charge in [-0.1, -0.05) is 53.5 Å². The molecule has 4 rings (SSSR count). The van der Waals surface area contributed by atoms with E-state index in [1.807, 2.05) is 25.1 Å². The van der Waals surface area contributed by atoms with E-state index in [9.17, 15) is 9.59 Å². The first kappa shape index (κ1) is 23.7. The van der Waals surface area contributed by atoms with Crippen molar-refractivity contribution in [3.63, 3.8) is 0 Å². The fourth-order valence-electron chi connectivity index (χ4n) is 3.43. The first-order valence-electron chi connectivity index (χ1n) is 10.4. The van der Waals surface area contributed by atoms with Gasteiger partial charge < -0.3 is 19.2 Å². The lowest BCUT2D eigenvalue weighted by Gasteiger charge is -2.18. The molecular formula is C26H21Cl2NO5. The van der Waals surface area contributed by atoms with Crippen molar-refractivity contribution in [2.75, 3.05) is 12.4 Å². The van der Waals surface area contributed by atoms with Gasteiger partial charge in [-0.2, -0.15) is 0 Å². The van der Waals surface area contributed by atoms with Gasteiger partial charge in [0.25, 0.3) is 5.91 Å². The van der Waals surface area contributed by atoms with Crippen LogP contribution in [-0.4, -0.2) is 19.1 Å². The van der Waals surface area contributed by atoms with Gasteiger partial charge in [0.05, 0.1) is 18.2 Å². The number of anilines is 1. The largest absolute Gasteiger partial charge is 0.495 e. The second-order valence-corrected chi connectivity index (χ2v) is 8.49. The van der Waals surface area contributed by atoms with E-state index in [0.29, 0.717) is 32.6 Å². The fraction of sp³-hybridized carbons (Fsp3) is 0.154. The number of methoxy groups -OCH3 is 1. The van der Waals surface area contributed by atoms with E-state index < -0.39 is 17.4 Å². The second-order valence-electron chi connectivity index (χ2n) is 7.65. The molecule has 0 bridgehead atoms. The second kappa shape index (κ2) is 9.79. The van der Waals surface area contributed by atoms with Crippen LogP contribution in [0.2, 0.25) is 10.0 Å². The molecule has 3 aromatic carbocycles. The lowest BCUT2D eigenvalue weighted by Crippen LogP contribution is -2.32. The van der Waals surface area contributed by atoms with Gasteiger partial charge in [-0.05, 0) is 49.7 Å². The van der Waals surface area contributed by atoms with Gasteiger partial charge in [0.1, 0.15) is 11.3 Å². The van der Waals surface area contributed by atoms with Crippen molar-refractivity contribution in [2.24, 2.45) is 0 Å². The quantitative estimate of drug-likeness (QED) is 0.329. The Bertz CT molecular complexity index is 1430. The summed E-state index contributed by atoms with van der Waals surface area (Å²) in [6.45, 7) is 3.36. The highest BCUT2D eigenvalue weighted by Gasteiger charge is 2.24. The highest BCUT2D eigenvalue weighted by molar-refractivity contribution is 6.32. The Labute approximate surface area is 206 Å². The van der Waals surface area contributed by atoms with Crippen LogP contribution in [0.5, 0.6) is 11.5 Å². The average Bonchev–Trinajstić information content (AvgIpc) is 2.82. The number of aryl methyl sites for hydroxylation is 1. The van der Waals surface area contributed by atoms with E-state index in [4.69, 9.17) is 37.1 Å². The number of rotatable bonds is 6. The number of amides is 1. The van der Waals surface area contributed by atoms with Gasteiger partial charge >= 0.3 is 0 Å². The highest BCUT2D eigenvalue weighted by atomic mass is 35.5. The first-order chi connectivity index (χ1) is 16.3. The van der Waals surface area contributed by atoms with Crippen LogP contribution < -0.4 is 20.2 Å². The summed E-state index contributed by atoms with van der Waals surface area (Å²) in [6, 6.07) is 17.2. The van der Waals surface area contributed by atoms with Crippen LogP contribution in [0.15, 0.2) is 69.9 Å². The molecule has 0 radical (unpaired) electrons. The molecule has 1 heterocycles. The molecule has 174 valence electrons. The van der Waals surface area contributed by atoms with E-state index >= 15 is 0 Å². The molecule has 0 aliphatic rings. The molecule has 0 saturated carbocycles. The Hall–Kier alpha value is -3.48. The Balaban J connectivity index is 1.75. The molecule has 8 heteroatoms. The summed E-state index contributed by atoms with van der Waals surface area (Å²) in [5, 5.41) is 3.84. The van der Waals surface area contributed by atoms with Crippen LogP contribution in [0, 0.1) is 6.92 Å². The predicted molar refractivity (Wildman–Crippen MR) is 134 cm³/mol. The first-order valence-corrected chi connectivity index (χ1v) is 11.2. The minimum atomic E-state index is -1.05. The predicted octanol–water partition coefficient (Wildman–Crippen LogP) is 6.49. The van der Waals surface area contributed by atoms with Crippen LogP contribution in [0.4, 0.5) is 5.69 Å². The number of halogens is 2. The van der Waals surface area contributed by atoms with Crippen LogP contribution in [0.3, 0.4) is 0 Å². The van der Waals surface area contributed by atoms with E-state index in [1.165, 1.54) is 14.0 Å². The molecular weight excluding hydrogens is 477 g/mol. The van der Waals surface area contributed by atoms with Crippen molar-refractivity contribution in [1.82, 2.24) is 0 Å². The van der Waals surface area contributed by atoms with Crippen LogP contribution in [0.1, 0.15) is 12.5 Å². The number of fused-ring (bicyclic) bond motifs is 1. The third-order valence-electron chi connectivity index (χ3n) is 5.25. The van der Waals surface area contributed by atoms with Gasteiger partial charge in [0.2, 0.25) is 11.2 Å². The molecule has 1 aromatic heterocycles. The minimum Gasteiger partial charge on any atom is -0.495 e. The summed E-state index contributed by atoms with van der Waals surface area (Å²) < 4.78 is 17.3. The molecule has 1 unspecified atom stereocenters. The average molecular weight is 498 g/mol. The molecule has 1 atom stereocenters. The number of ether oxygens (including phenoxy) is 2. The van der Waals surface area contributed by atoms with Crippen molar-refractivity contribution in [2.45, 2.75) is 20.0 Å². The summed E-state index contributed by atoms with van der Waals surface area (Å²) >= 11 is 12.3. The number of hydrogen-bond donors (Lipinski definition) is 1. The van der Waals surface area contributed by atoms with Crippen molar-refractivity contribution in [3.8, 4) is 22.8 Å². The monoisotopic (exact) mass is 497 g/mol. The molecule has 1 amide bonds. The Morgan fingerprint density at radius 2 is 1.79 bits per heavy atom. The molecule has 0 spiro atoms. The molecule has 0 aliphatic heterocycles. The maximum Gasteiger partial charge on any atom is 0.265 e. The summed E-state index contributed by atoms with van der Waals surface area (Å²) in [4.78, 5) is 26.4. The summed E-state index contributed by atoms with van der Waals surface area (Å²) in [5.74, 6) is 0.0744. The van der Waals surface area contributed by atoms with E-state index in [-0.39, 0.29) is 16.9 Å². The maximum absolute atomic E-state index is 13.4. The number of hydrogen-bond acceptors (Lipinski definition) is 5. The van der Waals surface area contributed by atoms with E-state index in [1.54, 1.807) is 42.5 Å². The Kier molecular flexibility index (Phi) is 6.82. The van der Waals surface area contributed by atoms with Gasteiger partial charge in [-0.25, -0.2) is 0 Å². The third-order valence-corrected chi connectivity index (χ3v) is 5.89. The van der Waals surface area contributed by atoms with Gasteiger partial charge in [-0.3, -0.25) is 9.59 Å². The zero-order valence-electron chi connectivity index (χ0n) is 18.6. The molecule has 1 N–H and O–H groups in total. The highest BCUT2D eigenvalue weighted by Crippen LogP contribution is 2.33. The number of carbonyl (C=O) groups excluding carboxylic acids is 1. The molecule has 0 aliphatic carbocycles. The Morgan fingerprint density at radius 3 is 2.50 bits per heavy atom. The normalized spacial score (nSPS) is 11.8. The standard InChI is InChI=1S/C26H21Cl2NO5/c1-14-11-22-18(13-19(14)28)23(30)25(24(34-22)16-7-5-4-6-8-16)33-15(2)26(31)29-20-12-17(27)9-10-21(20)32-3/h4-13,15H,1-3H3,(H,29,31). The van der Waals surface area contributed by atoms with Crippen LogP contribution >= 0.6 is 23.2 Å². The minimum absolute atomic E-state index is 0.0840. The number of benzene rings is 3. The summed E-state index contributed by atoms with van der Waals surface area (Å²) in [6.07, 6.45) is -1.05. The SMILES string of the molecule is COc1ccc(Cl)cc1NC(=O)C(C)Oc1c(-c2ccccc2)oc2cc(C)c(Cl)cc2c1=O. The molecule has 6 nitrogen and oxygen atoms in total. The van der Waals surface area contributed by atoms with E-state index in [0.717, 1.165) is 5.56 Å². The molecule has 0 saturated heterocycles. The van der Waals surface area contributed by atoms with Gasteiger partial charge in [0.15, 0.2) is 11.9 Å². The van der Waals surface area contributed by atoms with Crippen LogP contribution in [-0.2, 0) is 4.79 Å². The zero-order valence-corrected chi connectivity index (χ0v) is 20.2. The maximum atomic E-state index is 13.4. The zero-order chi connectivity index (χ0) is 24.4.